The van der Waals surface area contributed by atoms with E-state index in [1.807, 2.05) is 31.2 Å². The van der Waals surface area contributed by atoms with Crippen molar-refractivity contribution in [1.29, 1.82) is 0 Å². The van der Waals surface area contributed by atoms with Crippen LogP contribution in [-0.4, -0.2) is 32.9 Å². The van der Waals surface area contributed by atoms with Crippen molar-refractivity contribution >= 4 is 17.8 Å². The Morgan fingerprint density at radius 2 is 1.63 bits per heavy atom. The molecule has 1 aromatic heterocycles. The largest absolute Gasteiger partial charge is 0.449 e. The van der Waals surface area contributed by atoms with Crippen molar-refractivity contribution in [2.75, 3.05) is 0 Å². The number of carbonyl (C=O) groups is 3. The lowest BCUT2D eigenvalue weighted by Crippen LogP contribution is -2.29. The second-order valence-corrected chi connectivity index (χ2v) is 8.30. The molecule has 1 atom stereocenters. The highest BCUT2D eigenvalue weighted by Gasteiger charge is 2.35. The fourth-order valence-electron chi connectivity index (χ4n) is 3.85. The average Bonchev–Trinajstić information content (AvgIpc) is 3.45. The molecule has 0 saturated carbocycles. The zero-order chi connectivity index (χ0) is 24.5. The predicted octanol–water partition coefficient (Wildman–Crippen LogP) is 4.76. The highest BCUT2D eigenvalue weighted by molar-refractivity contribution is 6.21. The lowest BCUT2D eigenvalue weighted by Gasteiger charge is -2.15. The van der Waals surface area contributed by atoms with Gasteiger partial charge in [0.15, 0.2) is 6.10 Å². The monoisotopic (exact) mass is 467 g/mol. The number of aromatic nitrogens is 2. The highest BCUT2D eigenvalue weighted by atomic mass is 16.6. The standard InChI is InChI=1S/C27H21N3O5/c1-16-10-12-19(13-11-16)24-29-28-23(35-24)17(2)34-27(33)20-7-5-6-18(14-20)15-30-25(31)21-8-3-4-9-22(21)26(30)32/h3-14,17H,15H2,1-2H3. The number of rotatable bonds is 6. The fraction of sp³-hybridized carbons (Fsp3) is 0.148. The maximum absolute atomic E-state index is 12.8. The van der Waals surface area contributed by atoms with Gasteiger partial charge in [0.2, 0.25) is 5.89 Å². The third-order valence-corrected chi connectivity index (χ3v) is 5.75. The van der Waals surface area contributed by atoms with Gasteiger partial charge in [-0.05, 0) is 55.8 Å². The zero-order valence-corrected chi connectivity index (χ0v) is 19.1. The minimum absolute atomic E-state index is 0.0482. The molecule has 0 N–H and O–H groups in total. The molecule has 0 saturated heterocycles. The molecule has 35 heavy (non-hydrogen) atoms. The molecule has 1 unspecified atom stereocenters. The number of hydrogen-bond acceptors (Lipinski definition) is 7. The number of carbonyl (C=O) groups excluding carboxylic acids is 3. The van der Waals surface area contributed by atoms with E-state index >= 15 is 0 Å². The summed E-state index contributed by atoms with van der Waals surface area (Å²) in [6, 6.07) is 21.0. The van der Waals surface area contributed by atoms with E-state index in [0.29, 0.717) is 22.6 Å². The smallest absolute Gasteiger partial charge is 0.338 e. The van der Waals surface area contributed by atoms with Crippen molar-refractivity contribution in [2.24, 2.45) is 0 Å². The number of amides is 2. The summed E-state index contributed by atoms with van der Waals surface area (Å²) < 4.78 is 11.2. The van der Waals surface area contributed by atoms with Crippen molar-refractivity contribution < 1.29 is 23.5 Å². The van der Waals surface area contributed by atoms with Crippen LogP contribution in [0.3, 0.4) is 0 Å². The minimum Gasteiger partial charge on any atom is -0.449 e. The van der Waals surface area contributed by atoms with E-state index in [2.05, 4.69) is 10.2 Å². The third kappa shape index (κ3) is 4.33. The van der Waals surface area contributed by atoms with Crippen LogP contribution in [-0.2, 0) is 11.3 Å². The van der Waals surface area contributed by atoms with Gasteiger partial charge in [-0.25, -0.2) is 4.79 Å². The number of ether oxygens (including phenoxy) is 1. The molecule has 8 nitrogen and oxygen atoms in total. The highest BCUT2D eigenvalue weighted by Crippen LogP contribution is 2.26. The Hall–Kier alpha value is -4.59. The first-order chi connectivity index (χ1) is 16.9. The van der Waals surface area contributed by atoms with Gasteiger partial charge in [-0.2, -0.15) is 0 Å². The molecule has 0 bridgehead atoms. The molecule has 3 aromatic carbocycles. The van der Waals surface area contributed by atoms with Crippen LogP contribution in [0, 0.1) is 6.92 Å². The molecule has 2 heterocycles. The molecule has 8 heteroatoms. The Kier molecular flexibility index (Phi) is 5.70. The summed E-state index contributed by atoms with van der Waals surface area (Å²) in [7, 11) is 0. The first-order valence-electron chi connectivity index (χ1n) is 11.1. The average molecular weight is 467 g/mol. The van der Waals surface area contributed by atoms with Gasteiger partial charge in [-0.15, -0.1) is 10.2 Å². The second-order valence-electron chi connectivity index (χ2n) is 8.30. The number of fused-ring (bicyclic) bond motifs is 1. The van der Waals surface area contributed by atoms with Crippen LogP contribution < -0.4 is 0 Å². The van der Waals surface area contributed by atoms with Crippen molar-refractivity contribution in [3.63, 3.8) is 0 Å². The minimum atomic E-state index is -0.769. The first kappa shape index (κ1) is 22.2. The van der Waals surface area contributed by atoms with E-state index in [-0.39, 0.29) is 29.8 Å². The third-order valence-electron chi connectivity index (χ3n) is 5.75. The van der Waals surface area contributed by atoms with E-state index in [9.17, 15) is 14.4 Å². The van der Waals surface area contributed by atoms with Crippen LogP contribution in [0.15, 0.2) is 77.2 Å². The molecule has 2 amide bonds. The first-order valence-corrected chi connectivity index (χ1v) is 11.1. The molecular formula is C27H21N3O5. The molecule has 5 rings (SSSR count). The van der Waals surface area contributed by atoms with Crippen molar-refractivity contribution in [3.8, 4) is 11.5 Å². The quantitative estimate of drug-likeness (QED) is 0.298. The van der Waals surface area contributed by atoms with Gasteiger partial charge in [0, 0.05) is 5.56 Å². The molecule has 0 fully saturated rings. The number of hydrogen-bond donors (Lipinski definition) is 0. The van der Waals surface area contributed by atoms with Gasteiger partial charge in [0.25, 0.3) is 17.7 Å². The van der Waals surface area contributed by atoms with Crippen LogP contribution in [0.1, 0.15) is 61.1 Å². The molecule has 0 spiro atoms. The van der Waals surface area contributed by atoms with Crippen LogP contribution in [0.25, 0.3) is 11.5 Å². The van der Waals surface area contributed by atoms with Gasteiger partial charge < -0.3 is 9.15 Å². The van der Waals surface area contributed by atoms with E-state index in [4.69, 9.17) is 9.15 Å². The molecule has 0 radical (unpaired) electrons. The van der Waals surface area contributed by atoms with Crippen molar-refractivity contribution in [2.45, 2.75) is 26.5 Å². The fourth-order valence-corrected chi connectivity index (χ4v) is 3.85. The lowest BCUT2D eigenvalue weighted by atomic mass is 10.1. The van der Waals surface area contributed by atoms with Crippen LogP contribution in [0.5, 0.6) is 0 Å². The molecule has 1 aliphatic rings. The Bertz CT molecular complexity index is 1410. The number of nitrogens with zero attached hydrogens (tertiary/aromatic N) is 3. The van der Waals surface area contributed by atoms with Gasteiger partial charge >= 0.3 is 5.97 Å². The normalized spacial score (nSPS) is 13.6. The van der Waals surface area contributed by atoms with Gasteiger partial charge in [-0.3, -0.25) is 14.5 Å². The Morgan fingerprint density at radius 1 is 0.943 bits per heavy atom. The van der Waals surface area contributed by atoms with Gasteiger partial charge in [0.05, 0.1) is 23.2 Å². The summed E-state index contributed by atoms with van der Waals surface area (Å²) in [6.07, 6.45) is -0.769. The number of esters is 1. The molecular weight excluding hydrogens is 446 g/mol. The summed E-state index contributed by atoms with van der Waals surface area (Å²) >= 11 is 0. The summed E-state index contributed by atoms with van der Waals surface area (Å²) in [6.45, 7) is 3.68. The number of imide groups is 1. The topological polar surface area (TPSA) is 103 Å². The summed E-state index contributed by atoms with van der Waals surface area (Å²) in [4.78, 5) is 39.2. The van der Waals surface area contributed by atoms with Crippen LogP contribution in [0.2, 0.25) is 0 Å². The van der Waals surface area contributed by atoms with E-state index in [1.165, 1.54) is 4.90 Å². The molecule has 0 aliphatic carbocycles. The lowest BCUT2D eigenvalue weighted by molar-refractivity contribution is 0.0279. The van der Waals surface area contributed by atoms with Crippen LogP contribution in [0.4, 0.5) is 0 Å². The molecule has 1 aliphatic heterocycles. The second kappa shape index (κ2) is 8.98. The van der Waals surface area contributed by atoms with Gasteiger partial charge in [-0.1, -0.05) is 42.0 Å². The Labute approximate surface area is 201 Å². The summed E-state index contributed by atoms with van der Waals surface area (Å²) in [5.74, 6) is -0.778. The maximum atomic E-state index is 12.8. The number of benzene rings is 3. The Morgan fingerprint density at radius 3 is 2.31 bits per heavy atom. The van der Waals surface area contributed by atoms with E-state index in [1.54, 1.807) is 55.5 Å². The van der Waals surface area contributed by atoms with Crippen LogP contribution >= 0.6 is 0 Å². The predicted molar refractivity (Wildman–Crippen MR) is 125 cm³/mol. The molecule has 174 valence electrons. The molecule has 4 aromatic rings. The Balaban J connectivity index is 1.27. The summed E-state index contributed by atoms with van der Waals surface area (Å²) in [5.41, 5.74) is 3.55. The summed E-state index contributed by atoms with van der Waals surface area (Å²) in [5, 5.41) is 8.05. The van der Waals surface area contributed by atoms with Gasteiger partial charge in [0.1, 0.15) is 0 Å². The van der Waals surface area contributed by atoms with E-state index in [0.717, 1.165) is 11.1 Å². The SMILES string of the molecule is Cc1ccc(-c2nnc(C(C)OC(=O)c3cccc(CN4C(=O)c5ccccc5C4=O)c3)o2)cc1. The zero-order valence-electron chi connectivity index (χ0n) is 19.1. The van der Waals surface area contributed by atoms with Crippen molar-refractivity contribution in [1.82, 2.24) is 15.1 Å². The maximum Gasteiger partial charge on any atom is 0.338 e. The number of aryl methyl sites for hydroxylation is 1. The van der Waals surface area contributed by atoms with E-state index < -0.39 is 12.1 Å². The van der Waals surface area contributed by atoms with Crippen molar-refractivity contribution in [3.05, 3.63) is 107 Å².